The number of carbonyl (C=O) groups excluding carboxylic acids is 1. The Kier molecular flexibility index (Phi) is 5.56. The standard InChI is InChI=1S/C23H22N2O5S/c1-29-18-8-5-7-17(14-18)24-23(26)20-15-19(10-11-22(20)30-2)31(27,28)25-13-12-16-6-3-4-9-21(16)25/h3-11,14-15H,12-13H2,1-2H3,(H,24,26). The van der Waals surface area contributed by atoms with Gasteiger partial charge in [0.2, 0.25) is 0 Å². The van der Waals surface area contributed by atoms with Crippen molar-refractivity contribution in [3.8, 4) is 11.5 Å². The molecule has 0 spiro atoms. The molecule has 3 aromatic rings. The van der Waals surface area contributed by atoms with Crippen molar-refractivity contribution in [2.75, 3.05) is 30.4 Å². The van der Waals surface area contributed by atoms with Crippen molar-refractivity contribution >= 4 is 27.3 Å². The van der Waals surface area contributed by atoms with Gasteiger partial charge >= 0.3 is 0 Å². The van der Waals surface area contributed by atoms with Crippen molar-refractivity contribution in [1.29, 1.82) is 0 Å². The summed E-state index contributed by atoms with van der Waals surface area (Å²) in [5.41, 5.74) is 2.29. The second-order valence-corrected chi connectivity index (χ2v) is 8.87. The third-order valence-corrected chi connectivity index (χ3v) is 6.98. The first-order valence-corrected chi connectivity index (χ1v) is 11.1. The van der Waals surface area contributed by atoms with Crippen molar-refractivity contribution in [3.05, 3.63) is 77.9 Å². The van der Waals surface area contributed by atoms with Gasteiger partial charge in [-0.25, -0.2) is 8.42 Å². The molecule has 0 unspecified atom stereocenters. The van der Waals surface area contributed by atoms with E-state index in [1.54, 1.807) is 30.3 Å². The Balaban J connectivity index is 1.68. The molecule has 0 saturated heterocycles. The zero-order chi connectivity index (χ0) is 22.0. The van der Waals surface area contributed by atoms with Crippen molar-refractivity contribution in [2.45, 2.75) is 11.3 Å². The van der Waals surface area contributed by atoms with Crippen molar-refractivity contribution in [3.63, 3.8) is 0 Å². The van der Waals surface area contributed by atoms with E-state index in [0.29, 0.717) is 30.1 Å². The lowest BCUT2D eigenvalue weighted by Crippen LogP contribution is -2.29. The fraction of sp³-hybridized carbons (Fsp3) is 0.174. The first-order valence-electron chi connectivity index (χ1n) is 9.68. The number of anilines is 2. The summed E-state index contributed by atoms with van der Waals surface area (Å²) >= 11 is 0. The van der Waals surface area contributed by atoms with Gasteiger partial charge in [-0.2, -0.15) is 0 Å². The van der Waals surface area contributed by atoms with Gasteiger partial charge in [-0.05, 0) is 48.4 Å². The van der Waals surface area contributed by atoms with Crippen molar-refractivity contribution in [2.24, 2.45) is 0 Å². The fourth-order valence-corrected chi connectivity index (χ4v) is 5.14. The lowest BCUT2D eigenvalue weighted by molar-refractivity contribution is 0.102. The Morgan fingerprint density at radius 2 is 1.77 bits per heavy atom. The third-order valence-electron chi connectivity index (χ3n) is 5.18. The van der Waals surface area contributed by atoms with Gasteiger partial charge in [0, 0.05) is 18.3 Å². The number of rotatable bonds is 6. The van der Waals surface area contributed by atoms with Crippen LogP contribution in [-0.4, -0.2) is 35.1 Å². The molecule has 0 radical (unpaired) electrons. The Hall–Kier alpha value is -3.52. The number of carbonyl (C=O) groups is 1. The molecule has 1 N–H and O–H groups in total. The number of ether oxygens (including phenoxy) is 2. The summed E-state index contributed by atoms with van der Waals surface area (Å²) in [5.74, 6) is 0.388. The molecular formula is C23H22N2O5S. The number of hydrogen-bond acceptors (Lipinski definition) is 5. The number of hydrogen-bond donors (Lipinski definition) is 1. The Morgan fingerprint density at radius 3 is 2.55 bits per heavy atom. The van der Waals surface area contributed by atoms with E-state index in [-0.39, 0.29) is 16.2 Å². The number of nitrogens with zero attached hydrogens (tertiary/aromatic N) is 1. The zero-order valence-electron chi connectivity index (χ0n) is 17.2. The van der Waals surface area contributed by atoms with Crippen LogP contribution in [0.4, 0.5) is 11.4 Å². The Labute approximate surface area is 181 Å². The van der Waals surface area contributed by atoms with Crippen LogP contribution in [0.25, 0.3) is 0 Å². The van der Waals surface area contributed by atoms with Crippen LogP contribution in [0, 0.1) is 0 Å². The van der Waals surface area contributed by atoms with E-state index >= 15 is 0 Å². The first-order chi connectivity index (χ1) is 14.9. The van der Waals surface area contributed by atoms with E-state index in [9.17, 15) is 13.2 Å². The van der Waals surface area contributed by atoms with Gasteiger partial charge in [0.15, 0.2) is 0 Å². The molecule has 3 aromatic carbocycles. The molecule has 1 aliphatic rings. The minimum Gasteiger partial charge on any atom is -0.497 e. The van der Waals surface area contributed by atoms with E-state index in [0.717, 1.165) is 5.56 Å². The lowest BCUT2D eigenvalue weighted by Gasteiger charge is -2.20. The van der Waals surface area contributed by atoms with Crippen LogP contribution in [0.1, 0.15) is 15.9 Å². The average molecular weight is 439 g/mol. The molecule has 0 aromatic heterocycles. The largest absolute Gasteiger partial charge is 0.497 e. The molecular weight excluding hydrogens is 416 g/mol. The van der Waals surface area contributed by atoms with Crippen LogP contribution < -0.4 is 19.1 Å². The number of para-hydroxylation sites is 1. The fourth-order valence-electron chi connectivity index (χ4n) is 3.61. The van der Waals surface area contributed by atoms with Crippen LogP contribution in [0.2, 0.25) is 0 Å². The highest BCUT2D eigenvalue weighted by atomic mass is 32.2. The Morgan fingerprint density at radius 1 is 0.968 bits per heavy atom. The number of sulfonamides is 1. The maximum atomic E-state index is 13.4. The van der Waals surface area contributed by atoms with Crippen LogP contribution >= 0.6 is 0 Å². The predicted molar refractivity (Wildman–Crippen MR) is 119 cm³/mol. The molecule has 160 valence electrons. The monoisotopic (exact) mass is 438 g/mol. The van der Waals surface area contributed by atoms with Gasteiger partial charge < -0.3 is 14.8 Å². The highest BCUT2D eigenvalue weighted by Crippen LogP contribution is 2.34. The van der Waals surface area contributed by atoms with Crippen molar-refractivity contribution in [1.82, 2.24) is 0 Å². The summed E-state index contributed by atoms with van der Waals surface area (Å²) in [6, 6.07) is 18.6. The molecule has 1 aliphatic heterocycles. The molecule has 0 atom stereocenters. The second kappa shape index (κ2) is 8.31. The summed E-state index contributed by atoms with van der Waals surface area (Å²) in [5, 5.41) is 2.76. The van der Waals surface area contributed by atoms with E-state index in [2.05, 4.69) is 5.32 Å². The average Bonchev–Trinajstić information content (AvgIpc) is 3.23. The number of benzene rings is 3. The van der Waals surface area contributed by atoms with Gasteiger partial charge in [0.05, 0.1) is 30.4 Å². The lowest BCUT2D eigenvalue weighted by atomic mass is 10.2. The molecule has 0 saturated carbocycles. The predicted octanol–water partition coefficient (Wildman–Crippen LogP) is 3.71. The number of fused-ring (bicyclic) bond motifs is 1. The summed E-state index contributed by atoms with van der Waals surface area (Å²) in [6.07, 6.45) is 0.648. The maximum Gasteiger partial charge on any atom is 0.264 e. The van der Waals surface area contributed by atoms with E-state index in [1.165, 1.54) is 36.7 Å². The molecule has 31 heavy (non-hydrogen) atoms. The minimum atomic E-state index is -3.84. The molecule has 0 aliphatic carbocycles. The topological polar surface area (TPSA) is 84.9 Å². The molecule has 1 amide bonds. The SMILES string of the molecule is COc1cccc(NC(=O)c2cc(S(=O)(=O)N3CCc4ccccc43)ccc2OC)c1. The van der Waals surface area contributed by atoms with Crippen molar-refractivity contribution < 1.29 is 22.7 Å². The first kappa shape index (κ1) is 20.7. The highest BCUT2D eigenvalue weighted by molar-refractivity contribution is 7.92. The van der Waals surface area contributed by atoms with Gasteiger partial charge in [-0.3, -0.25) is 9.10 Å². The molecule has 0 fully saturated rings. The van der Waals surface area contributed by atoms with Crippen LogP contribution in [0.5, 0.6) is 11.5 Å². The van der Waals surface area contributed by atoms with Crippen LogP contribution in [-0.2, 0) is 16.4 Å². The van der Waals surface area contributed by atoms with E-state index in [4.69, 9.17) is 9.47 Å². The molecule has 8 heteroatoms. The molecule has 1 heterocycles. The highest BCUT2D eigenvalue weighted by Gasteiger charge is 2.31. The van der Waals surface area contributed by atoms with Crippen LogP contribution in [0.15, 0.2) is 71.6 Å². The zero-order valence-corrected chi connectivity index (χ0v) is 18.0. The normalized spacial score (nSPS) is 12.9. The quantitative estimate of drug-likeness (QED) is 0.634. The van der Waals surface area contributed by atoms with Gasteiger partial charge in [-0.15, -0.1) is 0 Å². The third kappa shape index (κ3) is 3.94. The number of nitrogens with one attached hydrogen (secondary N) is 1. The summed E-state index contributed by atoms with van der Waals surface area (Å²) < 4.78 is 38.6. The maximum absolute atomic E-state index is 13.4. The smallest absolute Gasteiger partial charge is 0.264 e. The van der Waals surface area contributed by atoms with Gasteiger partial charge in [0.25, 0.3) is 15.9 Å². The van der Waals surface area contributed by atoms with Gasteiger partial charge in [0.1, 0.15) is 11.5 Å². The summed E-state index contributed by atoms with van der Waals surface area (Å²) in [4.78, 5) is 13.0. The number of amides is 1. The van der Waals surface area contributed by atoms with E-state index in [1.807, 2.05) is 18.2 Å². The number of methoxy groups -OCH3 is 2. The molecule has 7 nitrogen and oxygen atoms in total. The van der Waals surface area contributed by atoms with Crippen LogP contribution in [0.3, 0.4) is 0 Å². The molecule has 0 bridgehead atoms. The summed E-state index contributed by atoms with van der Waals surface area (Å²) in [6.45, 7) is 0.360. The summed E-state index contributed by atoms with van der Waals surface area (Å²) in [7, 11) is -0.869. The Bertz CT molecular complexity index is 1240. The molecule has 4 rings (SSSR count). The minimum absolute atomic E-state index is 0.0285. The van der Waals surface area contributed by atoms with E-state index < -0.39 is 15.9 Å². The second-order valence-electron chi connectivity index (χ2n) is 7.00. The van der Waals surface area contributed by atoms with Gasteiger partial charge in [-0.1, -0.05) is 24.3 Å².